The van der Waals surface area contributed by atoms with Gasteiger partial charge in [0.1, 0.15) is 0 Å². The van der Waals surface area contributed by atoms with Gasteiger partial charge in [-0.25, -0.2) is 0 Å². The van der Waals surface area contributed by atoms with E-state index in [1.807, 2.05) is 11.9 Å². The first kappa shape index (κ1) is 15.4. The fourth-order valence-corrected chi connectivity index (χ4v) is 1.93. The molecule has 1 fully saturated rings. The second-order valence-electron chi connectivity index (χ2n) is 5.30. The molecule has 1 rings (SSSR count). The number of carbonyl (C=O) groups is 1. The minimum absolute atomic E-state index is 0.131. The van der Waals surface area contributed by atoms with Crippen LogP contribution in [-0.2, 0) is 4.79 Å². The number of nitrogens with zero attached hydrogens (tertiary/aromatic N) is 2. The SMILES string of the molecule is CC(C)N(C)CC(=O)NCCCN1CCNCC1. The number of amides is 1. The highest BCUT2D eigenvalue weighted by molar-refractivity contribution is 5.77. The third-order valence-corrected chi connectivity index (χ3v) is 3.46. The van der Waals surface area contributed by atoms with E-state index in [0.717, 1.165) is 45.7 Å². The Morgan fingerprint density at radius 3 is 2.67 bits per heavy atom. The second-order valence-corrected chi connectivity index (χ2v) is 5.30. The Morgan fingerprint density at radius 1 is 1.39 bits per heavy atom. The lowest BCUT2D eigenvalue weighted by Gasteiger charge is -2.27. The molecule has 0 atom stereocenters. The van der Waals surface area contributed by atoms with Crippen LogP contribution in [0, 0.1) is 0 Å². The summed E-state index contributed by atoms with van der Waals surface area (Å²) in [4.78, 5) is 16.1. The van der Waals surface area contributed by atoms with Crippen LogP contribution in [0.4, 0.5) is 0 Å². The highest BCUT2D eigenvalue weighted by atomic mass is 16.2. The van der Waals surface area contributed by atoms with Gasteiger partial charge >= 0.3 is 0 Å². The van der Waals surface area contributed by atoms with Crippen molar-refractivity contribution in [2.75, 3.05) is 52.9 Å². The first-order valence-electron chi connectivity index (χ1n) is 6.99. The highest BCUT2D eigenvalue weighted by Gasteiger charge is 2.10. The van der Waals surface area contributed by atoms with E-state index < -0.39 is 0 Å². The quantitative estimate of drug-likeness (QED) is 0.616. The Labute approximate surface area is 111 Å². The van der Waals surface area contributed by atoms with Crippen LogP contribution in [0.1, 0.15) is 20.3 Å². The molecule has 1 saturated heterocycles. The van der Waals surface area contributed by atoms with Gasteiger partial charge in [-0.2, -0.15) is 0 Å². The molecule has 0 radical (unpaired) electrons. The summed E-state index contributed by atoms with van der Waals surface area (Å²) in [6, 6.07) is 0.414. The lowest BCUT2D eigenvalue weighted by molar-refractivity contribution is -0.122. The molecule has 0 aromatic heterocycles. The fourth-order valence-electron chi connectivity index (χ4n) is 1.93. The van der Waals surface area contributed by atoms with E-state index in [4.69, 9.17) is 0 Å². The summed E-state index contributed by atoms with van der Waals surface area (Å²) in [7, 11) is 1.98. The molecule has 0 saturated carbocycles. The van der Waals surface area contributed by atoms with E-state index >= 15 is 0 Å². The van der Waals surface area contributed by atoms with Crippen molar-refractivity contribution in [3.63, 3.8) is 0 Å². The zero-order valence-electron chi connectivity index (χ0n) is 12.0. The van der Waals surface area contributed by atoms with Gasteiger partial charge < -0.3 is 15.5 Å². The lowest BCUT2D eigenvalue weighted by Crippen LogP contribution is -2.44. The third-order valence-electron chi connectivity index (χ3n) is 3.46. The number of nitrogens with one attached hydrogen (secondary N) is 2. The topological polar surface area (TPSA) is 47.6 Å². The van der Waals surface area contributed by atoms with Gasteiger partial charge in [0, 0.05) is 38.8 Å². The second kappa shape index (κ2) is 8.45. The molecular weight excluding hydrogens is 228 g/mol. The Bertz CT molecular complexity index is 239. The van der Waals surface area contributed by atoms with Crippen molar-refractivity contribution < 1.29 is 4.79 Å². The van der Waals surface area contributed by atoms with Gasteiger partial charge in [0.2, 0.25) is 5.91 Å². The summed E-state index contributed by atoms with van der Waals surface area (Å²) in [5, 5.41) is 6.32. The largest absolute Gasteiger partial charge is 0.355 e. The Hall–Kier alpha value is -0.650. The molecule has 0 aromatic carbocycles. The van der Waals surface area contributed by atoms with Crippen LogP contribution in [0.15, 0.2) is 0 Å². The zero-order chi connectivity index (χ0) is 13.4. The summed E-state index contributed by atoms with van der Waals surface area (Å²) in [5.41, 5.74) is 0. The van der Waals surface area contributed by atoms with Crippen molar-refractivity contribution in [1.82, 2.24) is 20.4 Å². The molecule has 0 unspecified atom stereocenters. The molecule has 0 aromatic rings. The van der Waals surface area contributed by atoms with Crippen LogP contribution in [0.25, 0.3) is 0 Å². The lowest BCUT2D eigenvalue weighted by atomic mass is 10.3. The molecule has 2 N–H and O–H groups in total. The predicted molar refractivity (Wildman–Crippen MR) is 74.7 cm³/mol. The summed E-state index contributed by atoms with van der Waals surface area (Å²) in [6.45, 7) is 11.0. The number of rotatable bonds is 7. The maximum absolute atomic E-state index is 11.6. The molecule has 0 aliphatic carbocycles. The van der Waals surface area contributed by atoms with Crippen molar-refractivity contribution in [3.8, 4) is 0 Å². The highest BCUT2D eigenvalue weighted by Crippen LogP contribution is 1.94. The first-order chi connectivity index (χ1) is 8.59. The van der Waals surface area contributed by atoms with Crippen LogP contribution in [0.3, 0.4) is 0 Å². The number of likely N-dealkylation sites (N-methyl/N-ethyl adjacent to an activating group) is 1. The molecule has 5 nitrogen and oxygen atoms in total. The first-order valence-corrected chi connectivity index (χ1v) is 6.99. The van der Waals surface area contributed by atoms with Crippen molar-refractivity contribution in [1.29, 1.82) is 0 Å². The van der Waals surface area contributed by atoms with Gasteiger partial charge in [-0.15, -0.1) is 0 Å². The number of hydrogen-bond acceptors (Lipinski definition) is 4. The third kappa shape index (κ3) is 6.33. The summed E-state index contributed by atoms with van der Waals surface area (Å²) in [5.74, 6) is 0.131. The summed E-state index contributed by atoms with van der Waals surface area (Å²) in [6.07, 6.45) is 1.04. The smallest absolute Gasteiger partial charge is 0.234 e. The van der Waals surface area contributed by atoms with E-state index in [9.17, 15) is 4.79 Å². The monoisotopic (exact) mass is 256 g/mol. The molecule has 18 heavy (non-hydrogen) atoms. The molecule has 1 aliphatic rings. The van der Waals surface area contributed by atoms with E-state index in [2.05, 4.69) is 29.4 Å². The fraction of sp³-hybridized carbons (Fsp3) is 0.923. The van der Waals surface area contributed by atoms with Crippen LogP contribution < -0.4 is 10.6 Å². The van der Waals surface area contributed by atoms with Crippen LogP contribution in [0.2, 0.25) is 0 Å². The minimum Gasteiger partial charge on any atom is -0.355 e. The van der Waals surface area contributed by atoms with Crippen molar-refractivity contribution in [3.05, 3.63) is 0 Å². The molecule has 106 valence electrons. The number of carbonyl (C=O) groups excluding carboxylic acids is 1. The number of piperazine rings is 1. The van der Waals surface area contributed by atoms with Gasteiger partial charge in [-0.05, 0) is 33.9 Å². The molecule has 5 heteroatoms. The maximum atomic E-state index is 11.6. The maximum Gasteiger partial charge on any atom is 0.234 e. The Morgan fingerprint density at radius 2 is 2.06 bits per heavy atom. The minimum atomic E-state index is 0.131. The Balaban J connectivity index is 2.01. The average Bonchev–Trinajstić information content (AvgIpc) is 2.35. The molecule has 0 bridgehead atoms. The predicted octanol–water partition coefficient (Wildman–Crippen LogP) is -0.262. The summed E-state index contributed by atoms with van der Waals surface area (Å²) >= 11 is 0. The standard InChI is InChI=1S/C13H28N4O/c1-12(2)16(3)11-13(18)15-5-4-8-17-9-6-14-7-10-17/h12,14H,4-11H2,1-3H3,(H,15,18). The normalized spacial score (nSPS) is 17.4. The summed E-state index contributed by atoms with van der Waals surface area (Å²) < 4.78 is 0. The zero-order valence-corrected chi connectivity index (χ0v) is 12.0. The van der Waals surface area contributed by atoms with Crippen LogP contribution >= 0.6 is 0 Å². The van der Waals surface area contributed by atoms with Crippen LogP contribution in [-0.4, -0.2) is 74.6 Å². The van der Waals surface area contributed by atoms with Crippen molar-refractivity contribution in [2.24, 2.45) is 0 Å². The van der Waals surface area contributed by atoms with Gasteiger partial charge in [0.15, 0.2) is 0 Å². The molecular formula is C13H28N4O. The van der Waals surface area contributed by atoms with Crippen LogP contribution in [0.5, 0.6) is 0 Å². The number of hydrogen-bond donors (Lipinski definition) is 2. The van der Waals surface area contributed by atoms with E-state index in [1.54, 1.807) is 0 Å². The van der Waals surface area contributed by atoms with Crippen molar-refractivity contribution in [2.45, 2.75) is 26.3 Å². The van der Waals surface area contributed by atoms with E-state index in [0.29, 0.717) is 12.6 Å². The van der Waals surface area contributed by atoms with E-state index in [-0.39, 0.29) is 5.91 Å². The Kier molecular flexibility index (Phi) is 7.23. The molecule has 1 heterocycles. The molecule has 1 amide bonds. The van der Waals surface area contributed by atoms with Gasteiger partial charge in [0.25, 0.3) is 0 Å². The van der Waals surface area contributed by atoms with E-state index in [1.165, 1.54) is 0 Å². The average molecular weight is 256 g/mol. The van der Waals surface area contributed by atoms with Gasteiger partial charge in [-0.1, -0.05) is 0 Å². The van der Waals surface area contributed by atoms with Crippen molar-refractivity contribution >= 4 is 5.91 Å². The molecule has 1 aliphatic heterocycles. The van der Waals surface area contributed by atoms with Gasteiger partial charge in [-0.3, -0.25) is 9.69 Å². The van der Waals surface area contributed by atoms with Gasteiger partial charge in [0.05, 0.1) is 6.54 Å². The molecule has 0 spiro atoms.